The van der Waals surface area contributed by atoms with E-state index in [1.807, 2.05) is 74.5 Å². The number of rotatable bonds is 11. The quantitative estimate of drug-likeness (QED) is 0.299. The van der Waals surface area contributed by atoms with Crippen molar-refractivity contribution in [2.75, 3.05) is 17.1 Å². The molecule has 0 saturated heterocycles. The van der Waals surface area contributed by atoms with E-state index in [9.17, 15) is 18.0 Å². The second-order valence-corrected chi connectivity index (χ2v) is 13.7. The summed E-state index contributed by atoms with van der Waals surface area (Å²) in [6.45, 7) is 3.60. The zero-order valence-corrected chi connectivity index (χ0v) is 26.2. The average molecular weight is 641 g/mol. The third-order valence-electron chi connectivity index (χ3n) is 7.70. The van der Waals surface area contributed by atoms with Crippen molar-refractivity contribution in [3.8, 4) is 0 Å². The Kier molecular flexibility index (Phi) is 10.3. The van der Waals surface area contributed by atoms with E-state index in [1.165, 1.54) is 0 Å². The Bertz CT molecular complexity index is 1460. The van der Waals surface area contributed by atoms with E-state index in [-0.39, 0.29) is 18.5 Å². The molecule has 1 fully saturated rings. The molecule has 1 aliphatic rings. The average Bonchev–Trinajstić information content (AvgIpc) is 3.45. The summed E-state index contributed by atoms with van der Waals surface area (Å²) in [6, 6.07) is 21.8. The van der Waals surface area contributed by atoms with Crippen LogP contribution in [0.2, 0.25) is 0 Å². The maximum atomic E-state index is 14.2. The second kappa shape index (κ2) is 13.7. The molecule has 7 nitrogen and oxygen atoms in total. The predicted octanol–water partition coefficient (Wildman–Crippen LogP) is 5.53. The molecule has 1 aliphatic carbocycles. The van der Waals surface area contributed by atoms with Gasteiger partial charge in [-0.2, -0.15) is 0 Å². The number of hydrogen-bond acceptors (Lipinski definition) is 4. The molecule has 3 aromatic rings. The Balaban J connectivity index is 1.72. The molecule has 3 aromatic carbocycles. The monoisotopic (exact) mass is 639 g/mol. The zero-order chi connectivity index (χ0) is 29.6. The Morgan fingerprint density at radius 3 is 2.20 bits per heavy atom. The smallest absolute Gasteiger partial charge is 0.244 e. The molecule has 4 rings (SSSR count). The highest BCUT2D eigenvalue weighted by molar-refractivity contribution is 9.10. The molecule has 9 heteroatoms. The van der Waals surface area contributed by atoms with Gasteiger partial charge in [-0.15, -0.1) is 0 Å². The summed E-state index contributed by atoms with van der Waals surface area (Å²) in [5.41, 5.74) is 4.12. The van der Waals surface area contributed by atoms with Crippen LogP contribution in [0.4, 0.5) is 5.69 Å². The number of amides is 2. The first-order valence-corrected chi connectivity index (χ1v) is 16.6. The van der Waals surface area contributed by atoms with E-state index in [0.29, 0.717) is 12.1 Å². The molecule has 0 aliphatic heterocycles. The van der Waals surface area contributed by atoms with Gasteiger partial charge in [-0.25, -0.2) is 8.42 Å². The number of nitrogens with one attached hydrogen (secondary N) is 1. The Labute approximate surface area is 252 Å². The minimum absolute atomic E-state index is 0.0773. The van der Waals surface area contributed by atoms with Crippen LogP contribution in [0.1, 0.15) is 47.9 Å². The van der Waals surface area contributed by atoms with Crippen LogP contribution in [0.5, 0.6) is 0 Å². The normalized spacial score (nSPS) is 14.4. The van der Waals surface area contributed by atoms with Crippen molar-refractivity contribution in [3.05, 3.63) is 99.5 Å². The summed E-state index contributed by atoms with van der Waals surface area (Å²) < 4.78 is 28.0. The topological polar surface area (TPSA) is 86.8 Å². The molecule has 0 unspecified atom stereocenters. The van der Waals surface area contributed by atoms with Gasteiger partial charge < -0.3 is 10.2 Å². The highest BCUT2D eigenvalue weighted by Gasteiger charge is 2.34. The Morgan fingerprint density at radius 1 is 0.927 bits per heavy atom. The maximum Gasteiger partial charge on any atom is 0.244 e. The first-order chi connectivity index (χ1) is 19.5. The summed E-state index contributed by atoms with van der Waals surface area (Å²) in [4.78, 5) is 29.6. The minimum Gasteiger partial charge on any atom is -0.352 e. The molecular weight excluding hydrogens is 602 g/mol. The lowest BCUT2D eigenvalue weighted by Crippen LogP contribution is -2.54. The Hall–Kier alpha value is -3.17. The fourth-order valence-electron chi connectivity index (χ4n) is 5.20. The SMILES string of the molecule is Cc1ccc(N(CC(=O)N(Cc2ccc(Br)cc2)[C@H](Cc2ccccc2)C(=O)NC2CCCC2)S(C)(=O)=O)cc1C. The van der Waals surface area contributed by atoms with E-state index in [4.69, 9.17) is 0 Å². The molecule has 0 aromatic heterocycles. The summed E-state index contributed by atoms with van der Waals surface area (Å²) in [5.74, 6) is -0.664. The summed E-state index contributed by atoms with van der Waals surface area (Å²) in [6.07, 6.45) is 5.37. The highest BCUT2D eigenvalue weighted by Crippen LogP contribution is 2.24. The summed E-state index contributed by atoms with van der Waals surface area (Å²) in [7, 11) is -3.80. The van der Waals surface area contributed by atoms with E-state index in [2.05, 4.69) is 21.2 Å². The summed E-state index contributed by atoms with van der Waals surface area (Å²) >= 11 is 3.46. The molecule has 2 amide bonds. The van der Waals surface area contributed by atoms with Crippen LogP contribution < -0.4 is 9.62 Å². The first kappa shape index (κ1) is 30.8. The van der Waals surface area contributed by atoms with E-state index < -0.39 is 28.5 Å². The van der Waals surface area contributed by atoms with Gasteiger partial charge in [-0.3, -0.25) is 13.9 Å². The number of halogens is 1. The lowest BCUT2D eigenvalue weighted by atomic mass is 10.0. The fourth-order valence-corrected chi connectivity index (χ4v) is 6.31. The maximum absolute atomic E-state index is 14.2. The molecule has 0 bridgehead atoms. The number of benzene rings is 3. The molecule has 1 N–H and O–H groups in total. The number of hydrogen-bond donors (Lipinski definition) is 1. The van der Waals surface area contributed by atoms with Crippen molar-refractivity contribution >= 4 is 43.5 Å². The van der Waals surface area contributed by atoms with Gasteiger partial charge in [0.1, 0.15) is 12.6 Å². The number of sulfonamides is 1. The van der Waals surface area contributed by atoms with Crippen molar-refractivity contribution in [1.29, 1.82) is 0 Å². The van der Waals surface area contributed by atoms with Gasteiger partial charge in [-0.05, 0) is 73.2 Å². The molecule has 1 atom stereocenters. The molecule has 0 heterocycles. The molecular formula is C32H38BrN3O4S. The standard InChI is InChI=1S/C32H38BrN3O4S/c1-23-13-18-29(19-24(23)2)36(41(3,39)40)22-31(37)35(21-26-14-16-27(33)17-15-26)30(20-25-9-5-4-6-10-25)32(38)34-28-11-7-8-12-28/h4-6,9-10,13-19,28,30H,7-8,11-12,20-22H2,1-3H3,(H,34,38)/t30-/m1/s1. The number of aryl methyl sites for hydroxylation is 2. The van der Waals surface area contributed by atoms with Crippen molar-refractivity contribution < 1.29 is 18.0 Å². The van der Waals surface area contributed by atoms with Gasteiger partial charge in [0.25, 0.3) is 0 Å². The molecule has 41 heavy (non-hydrogen) atoms. The van der Waals surface area contributed by atoms with Gasteiger partial charge >= 0.3 is 0 Å². The van der Waals surface area contributed by atoms with Crippen molar-refractivity contribution in [3.63, 3.8) is 0 Å². The van der Waals surface area contributed by atoms with Crippen LogP contribution in [-0.4, -0.2) is 50.0 Å². The second-order valence-electron chi connectivity index (χ2n) is 10.9. The van der Waals surface area contributed by atoms with Crippen LogP contribution in [0.3, 0.4) is 0 Å². The molecule has 0 spiro atoms. The van der Waals surface area contributed by atoms with E-state index in [0.717, 1.165) is 63.0 Å². The van der Waals surface area contributed by atoms with Gasteiger partial charge in [0, 0.05) is 23.5 Å². The van der Waals surface area contributed by atoms with Gasteiger partial charge in [0.15, 0.2) is 0 Å². The third-order valence-corrected chi connectivity index (χ3v) is 9.37. The van der Waals surface area contributed by atoms with Crippen molar-refractivity contribution in [2.45, 2.75) is 64.6 Å². The van der Waals surface area contributed by atoms with Crippen LogP contribution >= 0.6 is 15.9 Å². The Morgan fingerprint density at radius 2 is 1.59 bits per heavy atom. The lowest BCUT2D eigenvalue weighted by Gasteiger charge is -2.34. The summed E-state index contributed by atoms with van der Waals surface area (Å²) in [5, 5.41) is 3.19. The minimum atomic E-state index is -3.80. The number of nitrogens with zero attached hydrogens (tertiary/aromatic N) is 2. The zero-order valence-electron chi connectivity index (χ0n) is 23.8. The first-order valence-electron chi connectivity index (χ1n) is 13.9. The van der Waals surface area contributed by atoms with E-state index in [1.54, 1.807) is 17.0 Å². The van der Waals surface area contributed by atoms with Crippen LogP contribution in [0, 0.1) is 13.8 Å². The molecule has 1 saturated carbocycles. The molecule has 218 valence electrons. The fraction of sp³-hybridized carbons (Fsp3) is 0.375. The van der Waals surface area contributed by atoms with Gasteiger partial charge in [-0.1, -0.05) is 77.3 Å². The van der Waals surface area contributed by atoms with Crippen molar-refractivity contribution in [1.82, 2.24) is 10.2 Å². The van der Waals surface area contributed by atoms with Gasteiger partial charge in [0.2, 0.25) is 21.8 Å². The predicted molar refractivity (Wildman–Crippen MR) is 167 cm³/mol. The van der Waals surface area contributed by atoms with Crippen LogP contribution in [0.25, 0.3) is 0 Å². The molecule has 0 radical (unpaired) electrons. The highest BCUT2D eigenvalue weighted by atomic mass is 79.9. The number of carbonyl (C=O) groups excluding carboxylic acids is 2. The van der Waals surface area contributed by atoms with Gasteiger partial charge in [0.05, 0.1) is 11.9 Å². The van der Waals surface area contributed by atoms with E-state index >= 15 is 0 Å². The van der Waals surface area contributed by atoms with Crippen molar-refractivity contribution in [2.24, 2.45) is 0 Å². The largest absolute Gasteiger partial charge is 0.352 e. The van der Waals surface area contributed by atoms with Crippen LogP contribution in [-0.2, 0) is 32.6 Å². The number of anilines is 1. The third kappa shape index (κ3) is 8.42. The number of carbonyl (C=O) groups is 2. The lowest BCUT2D eigenvalue weighted by molar-refractivity contribution is -0.140. The van der Waals surface area contributed by atoms with Crippen LogP contribution in [0.15, 0.2) is 77.3 Å².